The zero-order chi connectivity index (χ0) is 30.3. The van der Waals surface area contributed by atoms with Crippen LogP contribution in [0.15, 0.2) is 85.1 Å². The highest BCUT2D eigenvalue weighted by Gasteiger charge is 2.50. The maximum Gasteiger partial charge on any atom is 0.254 e. The fourth-order valence-electron chi connectivity index (χ4n) is 5.52. The summed E-state index contributed by atoms with van der Waals surface area (Å²) in [5.41, 5.74) is 5.14. The minimum Gasteiger partial charge on any atom is -0.495 e. The molecule has 10 nitrogen and oxygen atoms in total. The molecular weight excluding hydrogens is 563 g/mol. The molecule has 222 valence electrons. The van der Waals surface area contributed by atoms with Crippen molar-refractivity contribution in [3.8, 4) is 16.9 Å². The van der Waals surface area contributed by atoms with Crippen molar-refractivity contribution in [1.82, 2.24) is 24.8 Å². The molecule has 11 heteroatoms. The van der Waals surface area contributed by atoms with Gasteiger partial charge in [-0.25, -0.2) is 8.91 Å². The van der Waals surface area contributed by atoms with Gasteiger partial charge >= 0.3 is 0 Å². The smallest absolute Gasteiger partial charge is 0.254 e. The topological polar surface area (TPSA) is 110 Å². The molecule has 2 saturated heterocycles. The van der Waals surface area contributed by atoms with Crippen LogP contribution >= 0.6 is 0 Å². The van der Waals surface area contributed by atoms with Crippen molar-refractivity contribution in [3.63, 3.8) is 0 Å². The van der Waals surface area contributed by atoms with E-state index in [1.807, 2.05) is 35.4 Å². The lowest BCUT2D eigenvalue weighted by atomic mass is 9.78. The maximum atomic E-state index is 13.1. The lowest BCUT2D eigenvalue weighted by Gasteiger charge is -2.54. The average Bonchev–Trinajstić information content (AvgIpc) is 3.41. The number of rotatable bonds is 8. The summed E-state index contributed by atoms with van der Waals surface area (Å²) in [7, 11) is 1.56. The second kappa shape index (κ2) is 11.1. The maximum absolute atomic E-state index is 13.1. The fraction of sp³-hybridized carbons (Fsp3) is 0.212. The van der Waals surface area contributed by atoms with Crippen molar-refractivity contribution in [2.45, 2.75) is 6.54 Å². The van der Waals surface area contributed by atoms with Gasteiger partial charge in [-0.3, -0.25) is 9.59 Å². The van der Waals surface area contributed by atoms with Crippen LogP contribution in [0.4, 0.5) is 16.0 Å². The zero-order valence-corrected chi connectivity index (χ0v) is 23.9. The Morgan fingerprint density at radius 1 is 0.955 bits per heavy atom. The Labute approximate surface area is 252 Å². The first kappa shape index (κ1) is 27.5. The normalized spacial score (nSPS) is 15.0. The number of amides is 2. The van der Waals surface area contributed by atoms with Crippen molar-refractivity contribution in [3.05, 3.63) is 108 Å². The van der Waals surface area contributed by atoms with Crippen LogP contribution in [0.3, 0.4) is 0 Å². The molecular formula is C33H29FN6O4. The van der Waals surface area contributed by atoms with Crippen LogP contribution in [-0.4, -0.2) is 64.7 Å². The molecule has 5 aromatic rings. The molecule has 2 amide bonds. The van der Waals surface area contributed by atoms with Gasteiger partial charge in [0.25, 0.3) is 11.8 Å². The van der Waals surface area contributed by atoms with Gasteiger partial charge in [-0.05, 0) is 65.7 Å². The summed E-state index contributed by atoms with van der Waals surface area (Å²) in [6.45, 7) is 3.20. The molecule has 0 atom stereocenters. The summed E-state index contributed by atoms with van der Waals surface area (Å²) in [6, 6.07) is 22.4. The number of nitrogens with zero attached hydrogens (tertiary/aromatic N) is 4. The number of hydrogen-bond donors (Lipinski definition) is 2. The van der Waals surface area contributed by atoms with Crippen molar-refractivity contribution >= 4 is 29.1 Å². The lowest BCUT2D eigenvalue weighted by molar-refractivity contribution is -0.176. The Hall–Kier alpha value is -5.29. The average molecular weight is 593 g/mol. The standard InChI is InChI=1S/C33H29FN6O4/c1-43-28-14-24(31(42)39-17-33(18-39)19-44-20-33)8-12-27(28)36-32-37-29-13-9-25(16-40(29)38-32)22-4-6-23(7-5-22)30(41)35-15-21-2-10-26(34)11-3-21/h2-14,16H,15,17-20H2,1H3,(H,35,41)(H,36,38). The van der Waals surface area contributed by atoms with E-state index in [1.54, 1.807) is 54.1 Å². The molecule has 2 N–H and O–H groups in total. The Kier molecular flexibility index (Phi) is 6.94. The number of carbonyl (C=O) groups excluding carboxylic acids is 2. The molecule has 0 bridgehead atoms. The molecule has 0 unspecified atom stereocenters. The molecule has 7 rings (SSSR count). The number of fused-ring (bicyclic) bond motifs is 1. The van der Waals surface area contributed by atoms with Crippen LogP contribution in [0.25, 0.3) is 16.8 Å². The largest absolute Gasteiger partial charge is 0.495 e. The van der Waals surface area contributed by atoms with Crippen molar-refractivity contribution in [1.29, 1.82) is 0 Å². The lowest BCUT2D eigenvalue weighted by Crippen LogP contribution is -2.67. The second-order valence-corrected chi connectivity index (χ2v) is 11.2. The van der Waals surface area contributed by atoms with Gasteiger partial charge < -0.3 is 25.0 Å². The summed E-state index contributed by atoms with van der Waals surface area (Å²) in [6.07, 6.45) is 1.86. The number of hydrogen-bond acceptors (Lipinski definition) is 7. The van der Waals surface area contributed by atoms with Gasteiger partial charge in [0.15, 0.2) is 5.65 Å². The number of anilines is 2. The number of carbonyl (C=O) groups is 2. The quantitative estimate of drug-likeness (QED) is 0.269. The number of methoxy groups -OCH3 is 1. The summed E-state index contributed by atoms with van der Waals surface area (Å²) in [4.78, 5) is 32.0. The molecule has 2 aliphatic heterocycles. The van der Waals surface area contributed by atoms with Crippen molar-refractivity contribution in [2.24, 2.45) is 5.41 Å². The van der Waals surface area contributed by atoms with E-state index in [-0.39, 0.29) is 23.0 Å². The monoisotopic (exact) mass is 592 g/mol. The molecule has 4 heterocycles. The molecule has 3 aromatic carbocycles. The third kappa shape index (κ3) is 5.33. The van der Waals surface area contributed by atoms with Crippen LogP contribution in [0.2, 0.25) is 0 Å². The molecule has 0 radical (unpaired) electrons. The second-order valence-electron chi connectivity index (χ2n) is 11.2. The van der Waals surface area contributed by atoms with Gasteiger partial charge in [-0.1, -0.05) is 24.3 Å². The predicted molar refractivity (Wildman–Crippen MR) is 161 cm³/mol. The first-order valence-corrected chi connectivity index (χ1v) is 14.2. The Balaban J connectivity index is 1.01. The first-order valence-electron chi connectivity index (χ1n) is 14.2. The Morgan fingerprint density at radius 2 is 1.68 bits per heavy atom. The molecule has 2 aliphatic rings. The third-order valence-corrected chi connectivity index (χ3v) is 8.03. The number of likely N-dealkylation sites (tertiary alicyclic amines) is 1. The van der Waals surface area contributed by atoms with E-state index in [0.717, 1.165) is 43.0 Å². The predicted octanol–water partition coefficient (Wildman–Crippen LogP) is 4.69. The molecule has 0 aliphatic carbocycles. The van der Waals surface area contributed by atoms with Crippen molar-refractivity contribution < 1.29 is 23.5 Å². The van der Waals surface area contributed by atoms with E-state index < -0.39 is 0 Å². The van der Waals surface area contributed by atoms with Crippen LogP contribution in [0, 0.1) is 11.2 Å². The van der Waals surface area contributed by atoms with Gasteiger partial charge in [0.05, 0.1) is 31.4 Å². The van der Waals surface area contributed by atoms with E-state index in [2.05, 4.69) is 20.7 Å². The minimum absolute atomic E-state index is 0.0237. The van der Waals surface area contributed by atoms with Gasteiger partial charge in [-0.2, -0.15) is 4.98 Å². The van der Waals surface area contributed by atoms with Crippen LogP contribution in [0.5, 0.6) is 5.75 Å². The fourth-order valence-corrected chi connectivity index (χ4v) is 5.52. The van der Waals surface area contributed by atoms with E-state index in [1.165, 1.54) is 12.1 Å². The highest BCUT2D eigenvalue weighted by Crippen LogP contribution is 2.39. The molecule has 2 fully saturated rings. The first-order chi connectivity index (χ1) is 21.4. The summed E-state index contributed by atoms with van der Waals surface area (Å²) in [5.74, 6) is 0.340. The van der Waals surface area contributed by atoms with Crippen molar-refractivity contribution in [2.75, 3.05) is 38.7 Å². The molecule has 44 heavy (non-hydrogen) atoms. The van der Waals surface area contributed by atoms with Gasteiger partial charge in [-0.15, -0.1) is 5.10 Å². The Morgan fingerprint density at radius 3 is 2.39 bits per heavy atom. The number of nitrogens with one attached hydrogen (secondary N) is 2. The zero-order valence-electron chi connectivity index (χ0n) is 23.9. The van der Waals surface area contributed by atoms with Crippen LogP contribution in [0.1, 0.15) is 26.3 Å². The van der Waals surface area contributed by atoms with E-state index in [4.69, 9.17) is 9.47 Å². The van der Waals surface area contributed by atoms with E-state index in [9.17, 15) is 14.0 Å². The highest BCUT2D eigenvalue weighted by atomic mass is 19.1. The number of halogens is 1. The number of aromatic nitrogens is 3. The molecule has 2 aromatic heterocycles. The highest BCUT2D eigenvalue weighted by molar-refractivity contribution is 5.96. The minimum atomic E-state index is -0.313. The van der Waals surface area contributed by atoms with Crippen LogP contribution in [-0.2, 0) is 11.3 Å². The number of ether oxygens (including phenoxy) is 2. The summed E-state index contributed by atoms with van der Waals surface area (Å²) < 4.78 is 25.7. The van der Waals surface area contributed by atoms with Gasteiger partial charge in [0.1, 0.15) is 11.6 Å². The summed E-state index contributed by atoms with van der Waals surface area (Å²) in [5, 5.41) is 10.6. The molecule has 0 saturated carbocycles. The number of benzene rings is 3. The van der Waals surface area contributed by atoms with Crippen LogP contribution < -0.4 is 15.4 Å². The van der Waals surface area contributed by atoms with Gasteiger partial charge in [0.2, 0.25) is 5.95 Å². The van der Waals surface area contributed by atoms with Gasteiger partial charge in [0, 0.05) is 42.5 Å². The number of pyridine rings is 1. The SMILES string of the molecule is COc1cc(C(=O)N2CC3(COC3)C2)ccc1Nc1nc2ccc(-c3ccc(C(=O)NCc4ccc(F)cc4)cc3)cn2n1. The summed E-state index contributed by atoms with van der Waals surface area (Å²) >= 11 is 0. The molecule has 1 spiro atoms. The van der Waals surface area contributed by atoms with E-state index >= 15 is 0 Å². The third-order valence-electron chi connectivity index (χ3n) is 8.03. The van der Waals surface area contributed by atoms with E-state index in [0.29, 0.717) is 40.7 Å². The Bertz CT molecular complexity index is 1860.